The molecule has 0 aromatic carbocycles. The van der Waals surface area contributed by atoms with Gasteiger partial charge in [-0.3, -0.25) is 4.79 Å². The van der Waals surface area contributed by atoms with Crippen molar-refractivity contribution in [1.29, 1.82) is 0 Å². The van der Waals surface area contributed by atoms with Gasteiger partial charge in [0.2, 0.25) is 0 Å². The highest BCUT2D eigenvalue weighted by Crippen LogP contribution is 2.26. The largest absolute Gasteiger partial charge is 0.350 e. The molecule has 2 aromatic heterocycles. The van der Waals surface area contributed by atoms with Crippen LogP contribution in [-0.2, 0) is 0 Å². The fourth-order valence-electron chi connectivity index (χ4n) is 2.73. The lowest BCUT2D eigenvalue weighted by molar-refractivity contribution is 0.0942. The van der Waals surface area contributed by atoms with Gasteiger partial charge in [-0.1, -0.05) is 12.8 Å². The summed E-state index contributed by atoms with van der Waals surface area (Å²) in [6.07, 6.45) is 7.51. The summed E-state index contributed by atoms with van der Waals surface area (Å²) in [7, 11) is 0. The molecule has 3 rings (SSSR count). The topological polar surface area (TPSA) is 85.3 Å². The summed E-state index contributed by atoms with van der Waals surface area (Å²) in [5.41, 5.74) is 8.11. The van der Waals surface area contributed by atoms with Crippen LogP contribution in [0.1, 0.15) is 41.7 Å². The zero-order chi connectivity index (χ0) is 14.2. The molecule has 6 heteroatoms. The van der Waals surface area contributed by atoms with Crippen LogP contribution in [0.25, 0.3) is 5.65 Å². The van der Waals surface area contributed by atoms with Gasteiger partial charge in [-0.15, -0.1) is 0 Å². The monoisotopic (exact) mass is 273 g/mol. The molecule has 2 aromatic rings. The number of carbonyl (C=O) groups excluding carboxylic acids is 1. The number of nitrogens with one attached hydrogen (secondary N) is 1. The number of rotatable bonds is 3. The van der Waals surface area contributed by atoms with Crippen LogP contribution in [0, 0.1) is 6.92 Å². The van der Waals surface area contributed by atoms with Crippen LogP contribution in [0.5, 0.6) is 0 Å². The SMILES string of the molecule is Cc1cc2ncc(C(=O)NCC3(N)CCCC3)cn2n1. The van der Waals surface area contributed by atoms with E-state index >= 15 is 0 Å². The van der Waals surface area contributed by atoms with Crippen LogP contribution < -0.4 is 11.1 Å². The smallest absolute Gasteiger partial charge is 0.254 e. The zero-order valence-electron chi connectivity index (χ0n) is 11.6. The number of fused-ring (bicyclic) bond motifs is 1. The second-order valence-electron chi connectivity index (χ2n) is 5.68. The van der Waals surface area contributed by atoms with E-state index in [1.165, 1.54) is 0 Å². The van der Waals surface area contributed by atoms with E-state index in [4.69, 9.17) is 5.73 Å². The van der Waals surface area contributed by atoms with Gasteiger partial charge in [0.05, 0.1) is 11.3 Å². The second kappa shape index (κ2) is 4.86. The molecule has 106 valence electrons. The molecule has 0 bridgehead atoms. The Kier molecular flexibility index (Phi) is 3.17. The molecule has 0 saturated heterocycles. The highest BCUT2D eigenvalue weighted by Gasteiger charge is 2.29. The van der Waals surface area contributed by atoms with Gasteiger partial charge in [0.1, 0.15) is 0 Å². The third-order valence-electron chi connectivity index (χ3n) is 3.90. The lowest BCUT2D eigenvalue weighted by atomic mass is 9.99. The molecule has 0 spiro atoms. The van der Waals surface area contributed by atoms with E-state index in [0.29, 0.717) is 12.1 Å². The van der Waals surface area contributed by atoms with Crippen LogP contribution >= 0.6 is 0 Å². The first-order valence-electron chi connectivity index (χ1n) is 6.95. The first kappa shape index (κ1) is 13.1. The van der Waals surface area contributed by atoms with Crippen molar-refractivity contribution in [1.82, 2.24) is 19.9 Å². The van der Waals surface area contributed by atoms with Gasteiger partial charge >= 0.3 is 0 Å². The van der Waals surface area contributed by atoms with E-state index in [0.717, 1.165) is 37.0 Å². The van der Waals surface area contributed by atoms with Crippen LogP contribution in [0.4, 0.5) is 0 Å². The molecule has 1 aliphatic rings. The van der Waals surface area contributed by atoms with Gasteiger partial charge in [0, 0.05) is 30.5 Å². The number of hydrogen-bond acceptors (Lipinski definition) is 4. The van der Waals surface area contributed by atoms with E-state index in [9.17, 15) is 4.79 Å². The van der Waals surface area contributed by atoms with Crippen molar-refractivity contribution in [3.8, 4) is 0 Å². The van der Waals surface area contributed by atoms with E-state index in [1.807, 2.05) is 13.0 Å². The molecule has 0 atom stereocenters. The van der Waals surface area contributed by atoms with Crippen molar-refractivity contribution in [2.75, 3.05) is 6.54 Å². The minimum absolute atomic E-state index is 0.149. The van der Waals surface area contributed by atoms with Crippen LogP contribution in [0.3, 0.4) is 0 Å². The Morgan fingerprint density at radius 3 is 3.00 bits per heavy atom. The van der Waals surface area contributed by atoms with Crippen molar-refractivity contribution >= 4 is 11.6 Å². The third-order valence-corrected chi connectivity index (χ3v) is 3.90. The molecule has 2 heterocycles. The highest BCUT2D eigenvalue weighted by atomic mass is 16.1. The lowest BCUT2D eigenvalue weighted by Gasteiger charge is -2.23. The molecule has 1 fully saturated rings. The molecule has 1 amide bonds. The molecular weight excluding hydrogens is 254 g/mol. The van der Waals surface area contributed by atoms with Crippen molar-refractivity contribution in [3.63, 3.8) is 0 Å². The predicted molar refractivity (Wildman–Crippen MR) is 75.4 cm³/mol. The number of aromatic nitrogens is 3. The molecule has 20 heavy (non-hydrogen) atoms. The zero-order valence-corrected chi connectivity index (χ0v) is 11.6. The van der Waals surface area contributed by atoms with Crippen LogP contribution in [0.2, 0.25) is 0 Å². The van der Waals surface area contributed by atoms with E-state index in [2.05, 4.69) is 15.4 Å². The summed E-state index contributed by atoms with van der Waals surface area (Å²) in [6.45, 7) is 2.41. The molecular formula is C14H19N5O. The van der Waals surface area contributed by atoms with Gasteiger partial charge in [0.15, 0.2) is 5.65 Å². The summed E-state index contributed by atoms with van der Waals surface area (Å²) in [5, 5.41) is 7.16. The van der Waals surface area contributed by atoms with Gasteiger partial charge in [0.25, 0.3) is 5.91 Å². The fraction of sp³-hybridized carbons (Fsp3) is 0.500. The Labute approximate surface area is 117 Å². The average Bonchev–Trinajstić information content (AvgIpc) is 3.00. The third kappa shape index (κ3) is 2.51. The molecule has 6 nitrogen and oxygen atoms in total. The maximum absolute atomic E-state index is 12.1. The Morgan fingerprint density at radius 1 is 1.50 bits per heavy atom. The molecule has 3 N–H and O–H groups in total. The first-order chi connectivity index (χ1) is 9.56. The number of hydrogen-bond donors (Lipinski definition) is 2. The van der Waals surface area contributed by atoms with Crippen molar-refractivity contribution < 1.29 is 4.79 Å². The quantitative estimate of drug-likeness (QED) is 0.875. The normalized spacial score (nSPS) is 17.5. The molecule has 0 aliphatic heterocycles. The second-order valence-corrected chi connectivity index (χ2v) is 5.68. The van der Waals surface area contributed by atoms with Gasteiger partial charge < -0.3 is 11.1 Å². The van der Waals surface area contributed by atoms with Crippen molar-refractivity contribution in [3.05, 3.63) is 29.7 Å². The van der Waals surface area contributed by atoms with Crippen LogP contribution in [-0.4, -0.2) is 32.6 Å². The standard InChI is InChI=1S/C14H19N5O/c1-10-6-12-16-7-11(8-19(12)18-10)13(20)17-9-14(15)4-2-3-5-14/h6-8H,2-5,9,15H2,1H3,(H,17,20). The number of carbonyl (C=O) groups is 1. The van der Waals surface area contributed by atoms with E-state index in [1.54, 1.807) is 16.9 Å². The first-order valence-corrected chi connectivity index (χ1v) is 6.95. The summed E-state index contributed by atoms with van der Waals surface area (Å²) < 4.78 is 1.62. The Morgan fingerprint density at radius 2 is 2.25 bits per heavy atom. The Balaban J connectivity index is 1.71. The Bertz CT molecular complexity index is 642. The molecule has 0 radical (unpaired) electrons. The molecule has 1 saturated carbocycles. The van der Waals surface area contributed by atoms with E-state index < -0.39 is 0 Å². The van der Waals surface area contributed by atoms with Crippen LogP contribution in [0.15, 0.2) is 18.5 Å². The summed E-state index contributed by atoms with van der Waals surface area (Å²) in [4.78, 5) is 16.4. The average molecular weight is 273 g/mol. The highest BCUT2D eigenvalue weighted by molar-refractivity contribution is 5.93. The number of aryl methyl sites for hydroxylation is 1. The Hall–Kier alpha value is -1.95. The minimum atomic E-state index is -0.241. The summed E-state index contributed by atoms with van der Waals surface area (Å²) >= 11 is 0. The summed E-state index contributed by atoms with van der Waals surface area (Å²) in [6, 6.07) is 1.87. The number of amides is 1. The lowest BCUT2D eigenvalue weighted by Crippen LogP contribution is -2.48. The molecule has 1 aliphatic carbocycles. The minimum Gasteiger partial charge on any atom is -0.350 e. The number of nitrogens with two attached hydrogens (primary N) is 1. The van der Waals surface area contributed by atoms with E-state index in [-0.39, 0.29) is 11.4 Å². The fourth-order valence-corrected chi connectivity index (χ4v) is 2.73. The number of nitrogens with zero attached hydrogens (tertiary/aromatic N) is 3. The van der Waals surface area contributed by atoms with Gasteiger partial charge in [-0.2, -0.15) is 5.10 Å². The van der Waals surface area contributed by atoms with Crippen molar-refractivity contribution in [2.24, 2.45) is 5.73 Å². The van der Waals surface area contributed by atoms with Gasteiger partial charge in [-0.05, 0) is 19.8 Å². The maximum atomic E-state index is 12.1. The summed E-state index contributed by atoms with van der Waals surface area (Å²) in [5.74, 6) is -0.149. The van der Waals surface area contributed by atoms with Gasteiger partial charge in [-0.25, -0.2) is 9.50 Å². The molecule has 0 unspecified atom stereocenters. The maximum Gasteiger partial charge on any atom is 0.254 e. The van der Waals surface area contributed by atoms with Crippen molar-refractivity contribution in [2.45, 2.75) is 38.1 Å². The predicted octanol–water partition coefficient (Wildman–Crippen LogP) is 1.04.